The van der Waals surface area contributed by atoms with Crippen LogP contribution in [0.1, 0.15) is 12.7 Å². The van der Waals surface area contributed by atoms with E-state index in [4.69, 9.17) is 10.8 Å². The number of tetrazole rings is 1. The zero-order valence-electron chi connectivity index (χ0n) is 7.93. The van der Waals surface area contributed by atoms with E-state index in [0.717, 1.165) is 0 Å². The summed E-state index contributed by atoms with van der Waals surface area (Å²) in [6.07, 6.45) is 0.549. The molecule has 74 valence electrons. The molecule has 13 heavy (non-hydrogen) atoms. The molecule has 0 bridgehead atoms. The van der Waals surface area contributed by atoms with Crippen molar-refractivity contribution in [2.75, 3.05) is 13.2 Å². The van der Waals surface area contributed by atoms with E-state index in [2.05, 4.69) is 15.4 Å². The summed E-state index contributed by atoms with van der Waals surface area (Å²) in [6.45, 7) is 2.33. The van der Waals surface area contributed by atoms with Crippen LogP contribution in [0.5, 0.6) is 0 Å². The Hall–Kier alpha value is -1.01. The molecule has 1 atom stereocenters. The third-order valence-corrected chi connectivity index (χ3v) is 2.01. The van der Waals surface area contributed by atoms with Gasteiger partial charge in [-0.05, 0) is 5.21 Å². The van der Waals surface area contributed by atoms with Gasteiger partial charge in [0.2, 0.25) is 0 Å². The predicted octanol–water partition coefficient (Wildman–Crippen LogP) is -1.29. The van der Waals surface area contributed by atoms with Crippen LogP contribution in [-0.4, -0.2) is 38.5 Å². The topological polar surface area (TPSA) is 89.9 Å². The molecule has 6 nitrogen and oxygen atoms in total. The molecule has 1 heterocycles. The monoisotopic (exact) mass is 185 g/mol. The van der Waals surface area contributed by atoms with E-state index in [1.54, 1.807) is 7.05 Å². The van der Waals surface area contributed by atoms with Gasteiger partial charge in [-0.25, -0.2) is 0 Å². The number of aromatic nitrogens is 4. The van der Waals surface area contributed by atoms with Crippen LogP contribution < -0.4 is 5.73 Å². The molecule has 3 N–H and O–H groups in total. The van der Waals surface area contributed by atoms with Crippen molar-refractivity contribution in [2.24, 2.45) is 18.2 Å². The number of aliphatic hydroxyl groups is 1. The minimum Gasteiger partial charge on any atom is -0.396 e. The van der Waals surface area contributed by atoms with Crippen LogP contribution in [0.4, 0.5) is 0 Å². The Labute approximate surface area is 76.7 Å². The Morgan fingerprint density at radius 3 is 2.69 bits per heavy atom. The molecule has 1 aromatic rings. The lowest BCUT2D eigenvalue weighted by molar-refractivity contribution is 0.147. The van der Waals surface area contributed by atoms with Gasteiger partial charge in [0, 0.05) is 18.4 Å². The highest BCUT2D eigenvalue weighted by Crippen LogP contribution is 2.17. The van der Waals surface area contributed by atoms with Crippen molar-refractivity contribution in [1.82, 2.24) is 20.2 Å². The van der Waals surface area contributed by atoms with Crippen molar-refractivity contribution in [1.29, 1.82) is 0 Å². The fourth-order valence-corrected chi connectivity index (χ4v) is 0.968. The van der Waals surface area contributed by atoms with Crippen molar-refractivity contribution >= 4 is 0 Å². The first-order chi connectivity index (χ1) is 6.09. The fourth-order valence-electron chi connectivity index (χ4n) is 0.968. The number of hydrogen-bond donors (Lipinski definition) is 2. The second kappa shape index (κ2) is 3.80. The quantitative estimate of drug-likeness (QED) is 0.609. The summed E-state index contributed by atoms with van der Waals surface area (Å²) in [7, 11) is 1.70. The second-order valence-electron chi connectivity index (χ2n) is 3.54. The maximum atomic E-state index is 9.09. The summed E-state index contributed by atoms with van der Waals surface area (Å²) in [6, 6.07) is 0. The highest BCUT2D eigenvalue weighted by molar-refractivity contribution is 4.88. The molecule has 1 rings (SSSR count). The molecule has 1 unspecified atom stereocenters. The summed E-state index contributed by atoms with van der Waals surface area (Å²) in [5.74, 6) is 0.615. The van der Waals surface area contributed by atoms with Crippen LogP contribution >= 0.6 is 0 Å². The van der Waals surface area contributed by atoms with Crippen LogP contribution in [-0.2, 0) is 13.5 Å². The first kappa shape index (κ1) is 10.1. The average Bonchev–Trinajstić information content (AvgIpc) is 2.51. The highest BCUT2D eigenvalue weighted by atomic mass is 16.3. The number of aliphatic hydroxyl groups excluding tert-OH is 1. The maximum absolute atomic E-state index is 9.09. The first-order valence-corrected chi connectivity index (χ1v) is 4.13. The van der Waals surface area contributed by atoms with E-state index in [1.165, 1.54) is 4.80 Å². The third-order valence-electron chi connectivity index (χ3n) is 2.01. The lowest BCUT2D eigenvalue weighted by Gasteiger charge is -2.22. The van der Waals surface area contributed by atoms with Crippen molar-refractivity contribution in [3.63, 3.8) is 0 Å². The van der Waals surface area contributed by atoms with Gasteiger partial charge in [0.25, 0.3) is 0 Å². The van der Waals surface area contributed by atoms with Gasteiger partial charge in [0.05, 0.1) is 13.7 Å². The summed E-state index contributed by atoms with van der Waals surface area (Å²) in [5.41, 5.74) is 5.19. The van der Waals surface area contributed by atoms with Crippen molar-refractivity contribution in [2.45, 2.75) is 13.3 Å². The molecule has 1 aromatic heterocycles. The molecule has 0 aromatic carbocycles. The Bertz CT molecular complexity index is 268. The Morgan fingerprint density at radius 2 is 2.31 bits per heavy atom. The van der Waals surface area contributed by atoms with E-state index in [9.17, 15) is 0 Å². The minimum absolute atomic E-state index is 0.0295. The molecule has 0 aliphatic rings. The number of nitrogens with two attached hydrogens (primary N) is 1. The SMILES string of the molecule is Cn1nnc(CC(C)(CN)CO)n1. The molecule has 0 radical (unpaired) electrons. The van der Waals surface area contributed by atoms with Gasteiger partial charge in [0.15, 0.2) is 5.82 Å². The molecule has 0 saturated carbocycles. The number of hydrogen-bond acceptors (Lipinski definition) is 5. The number of aryl methyl sites for hydroxylation is 1. The Balaban J connectivity index is 2.67. The van der Waals surface area contributed by atoms with Gasteiger partial charge in [-0.3, -0.25) is 0 Å². The molecule has 0 fully saturated rings. The van der Waals surface area contributed by atoms with E-state index in [1.807, 2.05) is 6.92 Å². The average molecular weight is 185 g/mol. The molecule has 0 aliphatic carbocycles. The lowest BCUT2D eigenvalue weighted by Crippen LogP contribution is -2.33. The van der Waals surface area contributed by atoms with Crippen LogP contribution in [0.2, 0.25) is 0 Å². The number of nitrogens with zero attached hydrogens (tertiary/aromatic N) is 4. The maximum Gasteiger partial charge on any atom is 0.175 e. The summed E-state index contributed by atoms with van der Waals surface area (Å²) in [4.78, 5) is 1.39. The molecular weight excluding hydrogens is 170 g/mol. The summed E-state index contributed by atoms with van der Waals surface area (Å²) >= 11 is 0. The zero-order chi connectivity index (χ0) is 9.90. The standard InChI is InChI=1S/C7H15N5O/c1-7(4-8,5-13)3-6-9-11-12(2)10-6/h13H,3-5,8H2,1-2H3. The fraction of sp³-hybridized carbons (Fsp3) is 0.857. The van der Waals surface area contributed by atoms with Gasteiger partial charge in [-0.15, -0.1) is 10.2 Å². The van der Waals surface area contributed by atoms with Crippen LogP contribution in [0.3, 0.4) is 0 Å². The highest BCUT2D eigenvalue weighted by Gasteiger charge is 2.24. The largest absolute Gasteiger partial charge is 0.396 e. The third kappa shape index (κ3) is 2.46. The second-order valence-corrected chi connectivity index (χ2v) is 3.54. The van der Waals surface area contributed by atoms with Gasteiger partial charge >= 0.3 is 0 Å². The smallest absolute Gasteiger partial charge is 0.175 e. The molecule has 0 saturated heterocycles. The number of rotatable bonds is 4. The molecule has 0 amide bonds. The Kier molecular flexibility index (Phi) is 2.94. The summed E-state index contributed by atoms with van der Waals surface area (Å²) in [5, 5.41) is 20.6. The van der Waals surface area contributed by atoms with E-state index >= 15 is 0 Å². The van der Waals surface area contributed by atoms with Gasteiger partial charge in [-0.2, -0.15) is 4.80 Å². The van der Waals surface area contributed by atoms with Crippen LogP contribution in [0.25, 0.3) is 0 Å². The van der Waals surface area contributed by atoms with E-state index < -0.39 is 0 Å². The first-order valence-electron chi connectivity index (χ1n) is 4.13. The molecular formula is C7H15N5O. The van der Waals surface area contributed by atoms with E-state index in [-0.39, 0.29) is 12.0 Å². The van der Waals surface area contributed by atoms with Gasteiger partial charge in [-0.1, -0.05) is 6.92 Å². The van der Waals surface area contributed by atoms with Crippen LogP contribution in [0.15, 0.2) is 0 Å². The Morgan fingerprint density at radius 1 is 1.62 bits per heavy atom. The van der Waals surface area contributed by atoms with Gasteiger partial charge in [0.1, 0.15) is 0 Å². The molecule has 0 spiro atoms. The van der Waals surface area contributed by atoms with Crippen molar-refractivity contribution < 1.29 is 5.11 Å². The molecule has 0 aliphatic heterocycles. The lowest BCUT2D eigenvalue weighted by atomic mass is 9.88. The van der Waals surface area contributed by atoms with E-state index in [0.29, 0.717) is 18.8 Å². The minimum atomic E-state index is -0.344. The van der Waals surface area contributed by atoms with Crippen molar-refractivity contribution in [3.05, 3.63) is 5.82 Å². The zero-order valence-corrected chi connectivity index (χ0v) is 7.93. The van der Waals surface area contributed by atoms with Crippen LogP contribution in [0, 0.1) is 5.41 Å². The van der Waals surface area contributed by atoms with Gasteiger partial charge < -0.3 is 10.8 Å². The molecule has 6 heteroatoms. The van der Waals surface area contributed by atoms with Crippen molar-refractivity contribution in [3.8, 4) is 0 Å². The summed E-state index contributed by atoms with van der Waals surface area (Å²) < 4.78 is 0. The predicted molar refractivity (Wildman–Crippen MR) is 46.7 cm³/mol. The normalized spacial score (nSPS) is 15.7.